The third-order valence-electron chi connectivity index (χ3n) is 9.45. The summed E-state index contributed by atoms with van der Waals surface area (Å²) in [4.78, 5) is 20.7. The van der Waals surface area contributed by atoms with Gasteiger partial charge in [0.15, 0.2) is 5.65 Å². The van der Waals surface area contributed by atoms with Crippen LogP contribution in [0.4, 0.5) is 10.5 Å². The van der Waals surface area contributed by atoms with Crippen molar-refractivity contribution in [3.63, 3.8) is 0 Å². The molecule has 2 saturated heterocycles. The maximum Gasteiger partial charge on any atom is 0.315 e. The van der Waals surface area contributed by atoms with Crippen LogP contribution in [0.25, 0.3) is 22.2 Å². The average Bonchev–Trinajstić information content (AvgIpc) is 3.51. The molecular weight excluding hydrogens is 574 g/mol. The van der Waals surface area contributed by atoms with Crippen molar-refractivity contribution < 1.29 is 9.53 Å². The monoisotopic (exact) mass is 623 g/mol. The molecule has 0 atom stereocenters. The van der Waals surface area contributed by atoms with Crippen LogP contribution in [-0.2, 0) is 37.3 Å². The lowest BCUT2D eigenvalue weighted by Crippen LogP contribution is -2.35. The van der Waals surface area contributed by atoms with Crippen LogP contribution in [0.2, 0.25) is 0 Å². The largest absolute Gasteiger partial charge is 0.381 e. The summed E-state index contributed by atoms with van der Waals surface area (Å²) in [5, 5.41) is 15.6. The summed E-state index contributed by atoms with van der Waals surface area (Å²) in [5.74, 6) is 0. The van der Waals surface area contributed by atoms with E-state index in [9.17, 15) is 4.79 Å². The number of hydrogen-bond acceptors (Lipinski definition) is 6. The van der Waals surface area contributed by atoms with Gasteiger partial charge in [0.05, 0.1) is 17.3 Å². The van der Waals surface area contributed by atoms with Gasteiger partial charge in [-0.25, -0.2) is 14.5 Å². The van der Waals surface area contributed by atoms with Gasteiger partial charge in [-0.1, -0.05) is 43.7 Å². The van der Waals surface area contributed by atoms with Crippen molar-refractivity contribution in [2.45, 2.75) is 91.5 Å². The first-order valence-electron chi connectivity index (χ1n) is 17.2. The van der Waals surface area contributed by atoms with Crippen LogP contribution in [0.3, 0.4) is 0 Å². The number of amides is 2. The molecule has 2 aliphatic heterocycles. The molecule has 0 unspecified atom stereocenters. The van der Waals surface area contributed by atoms with Gasteiger partial charge in [0.2, 0.25) is 0 Å². The molecule has 2 amide bonds. The predicted octanol–water partition coefficient (Wildman–Crippen LogP) is 6.57. The molecule has 3 N–H and O–H groups in total. The lowest BCUT2D eigenvalue weighted by Gasteiger charge is -2.26. The second kappa shape index (κ2) is 15.1. The Hall–Kier alpha value is -3.95. The van der Waals surface area contributed by atoms with Gasteiger partial charge in [0.1, 0.15) is 0 Å². The first-order valence-corrected chi connectivity index (χ1v) is 17.2. The summed E-state index contributed by atoms with van der Waals surface area (Å²) in [6, 6.07) is 15.5. The first kappa shape index (κ1) is 32.0. The van der Waals surface area contributed by atoms with E-state index in [4.69, 9.17) is 9.72 Å². The van der Waals surface area contributed by atoms with Gasteiger partial charge < -0.3 is 20.7 Å². The number of likely N-dealkylation sites (tertiary alicyclic amines) is 1. The van der Waals surface area contributed by atoms with E-state index in [-0.39, 0.29) is 6.03 Å². The molecule has 9 nitrogen and oxygen atoms in total. The van der Waals surface area contributed by atoms with Crippen LogP contribution in [0, 0.1) is 6.92 Å². The van der Waals surface area contributed by atoms with E-state index >= 15 is 0 Å². The van der Waals surface area contributed by atoms with Gasteiger partial charge in [0.25, 0.3) is 0 Å². The number of nitrogens with zero attached hydrogens (tertiary/aromatic N) is 4. The van der Waals surface area contributed by atoms with Gasteiger partial charge in [-0.05, 0) is 99.0 Å². The standard InChI is InChI=1S/C37H49N7O2/c1-4-34-32(35(41-30-14-18-46-19-15-30)33-24-40-44(5-2)36(33)42-34)23-39-37(45)38-22-27-13-12-26(3)31(21-27)29-11-9-10-28(20-29)25-43-16-7-6-8-17-43/h9-13,20-21,24,30H,4-8,14-19,22-23,25H2,1-3H3,(H,41,42)(H2,38,39,45). The van der Waals surface area contributed by atoms with Gasteiger partial charge in [-0.3, -0.25) is 4.90 Å². The zero-order valence-electron chi connectivity index (χ0n) is 27.7. The van der Waals surface area contributed by atoms with E-state index in [2.05, 4.69) is 89.2 Å². The minimum atomic E-state index is -0.200. The number of rotatable bonds is 11. The maximum absolute atomic E-state index is 13.2. The average molecular weight is 624 g/mol. The van der Waals surface area contributed by atoms with Crippen LogP contribution in [0.5, 0.6) is 0 Å². The number of nitrogens with one attached hydrogen (secondary N) is 3. The Balaban J connectivity index is 1.14. The van der Waals surface area contributed by atoms with Crippen molar-refractivity contribution in [3.05, 3.63) is 76.6 Å². The zero-order chi connectivity index (χ0) is 31.9. The summed E-state index contributed by atoms with van der Waals surface area (Å²) in [6.07, 6.45) is 8.50. The van der Waals surface area contributed by atoms with E-state index in [0.717, 1.165) is 79.1 Å². The first-order chi connectivity index (χ1) is 22.5. The number of carbonyl (C=O) groups excluding carboxylic acids is 1. The second-order valence-corrected chi connectivity index (χ2v) is 12.7. The molecule has 2 fully saturated rings. The van der Waals surface area contributed by atoms with Crippen LogP contribution < -0.4 is 16.0 Å². The molecule has 0 radical (unpaired) electrons. The van der Waals surface area contributed by atoms with Crippen molar-refractivity contribution in [2.75, 3.05) is 31.6 Å². The van der Waals surface area contributed by atoms with Crippen molar-refractivity contribution in [1.82, 2.24) is 30.3 Å². The number of fused-ring (bicyclic) bond motifs is 1. The molecule has 2 aromatic heterocycles. The Labute approximate surface area is 273 Å². The highest BCUT2D eigenvalue weighted by molar-refractivity contribution is 5.92. The van der Waals surface area contributed by atoms with E-state index < -0.39 is 0 Å². The second-order valence-electron chi connectivity index (χ2n) is 12.7. The summed E-state index contributed by atoms with van der Waals surface area (Å²) in [5.41, 5.74) is 10.0. The van der Waals surface area contributed by atoms with Gasteiger partial charge in [0, 0.05) is 56.7 Å². The fraction of sp³-hybridized carbons (Fsp3) is 0.486. The fourth-order valence-electron chi connectivity index (χ4n) is 6.82. The molecule has 4 aromatic rings. The molecule has 0 aliphatic carbocycles. The van der Waals surface area contributed by atoms with Crippen LogP contribution in [0.15, 0.2) is 48.7 Å². The molecule has 244 valence electrons. The molecule has 0 spiro atoms. The lowest BCUT2D eigenvalue weighted by molar-refractivity contribution is 0.0904. The molecule has 9 heteroatoms. The Morgan fingerprint density at radius 2 is 1.78 bits per heavy atom. The van der Waals surface area contributed by atoms with E-state index in [1.54, 1.807) is 0 Å². The number of urea groups is 1. The topological polar surface area (TPSA) is 96.3 Å². The highest BCUT2D eigenvalue weighted by Crippen LogP contribution is 2.31. The van der Waals surface area contributed by atoms with Crippen molar-refractivity contribution in [2.24, 2.45) is 0 Å². The number of ether oxygens (including phenoxy) is 1. The Morgan fingerprint density at radius 1 is 0.978 bits per heavy atom. The lowest BCUT2D eigenvalue weighted by atomic mass is 9.96. The number of benzene rings is 2. The zero-order valence-corrected chi connectivity index (χ0v) is 27.7. The smallest absolute Gasteiger partial charge is 0.315 e. The summed E-state index contributed by atoms with van der Waals surface area (Å²) < 4.78 is 7.54. The SMILES string of the molecule is CCc1nc2c(cnn2CC)c(NC2CCOCC2)c1CNC(=O)NCc1ccc(C)c(-c2cccc(CN3CCCCC3)c2)c1. The van der Waals surface area contributed by atoms with E-state index in [1.165, 1.54) is 54.6 Å². The van der Waals surface area contributed by atoms with Crippen molar-refractivity contribution in [3.8, 4) is 11.1 Å². The Bertz CT molecular complexity index is 1640. The molecule has 4 heterocycles. The minimum absolute atomic E-state index is 0.200. The highest BCUT2D eigenvalue weighted by atomic mass is 16.5. The third-order valence-corrected chi connectivity index (χ3v) is 9.45. The van der Waals surface area contributed by atoms with Crippen LogP contribution in [0.1, 0.15) is 73.9 Å². The minimum Gasteiger partial charge on any atom is -0.381 e. The number of anilines is 1. The van der Waals surface area contributed by atoms with Gasteiger partial charge >= 0.3 is 6.03 Å². The number of aromatic nitrogens is 3. The molecule has 0 bridgehead atoms. The third kappa shape index (κ3) is 7.53. The number of piperidine rings is 1. The summed E-state index contributed by atoms with van der Waals surface area (Å²) >= 11 is 0. The molecule has 46 heavy (non-hydrogen) atoms. The summed E-state index contributed by atoms with van der Waals surface area (Å²) in [7, 11) is 0. The number of aryl methyl sites for hydroxylation is 3. The predicted molar refractivity (Wildman–Crippen MR) is 185 cm³/mol. The van der Waals surface area contributed by atoms with Gasteiger partial charge in [-0.15, -0.1) is 0 Å². The van der Waals surface area contributed by atoms with E-state index in [0.29, 0.717) is 19.1 Å². The normalized spacial score (nSPS) is 16.1. The Morgan fingerprint density at radius 3 is 2.57 bits per heavy atom. The quantitative estimate of drug-likeness (QED) is 0.175. The molecule has 6 rings (SSSR count). The maximum atomic E-state index is 13.2. The highest BCUT2D eigenvalue weighted by Gasteiger charge is 2.22. The Kier molecular flexibility index (Phi) is 10.5. The van der Waals surface area contributed by atoms with E-state index in [1.807, 2.05) is 10.9 Å². The fourth-order valence-corrected chi connectivity index (χ4v) is 6.82. The molecule has 0 saturated carbocycles. The molecule has 2 aliphatic rings. The van der Waals surface area contributed by atoms with Crippen LogP contribution in [-0.4, -0.2) is 58.0 Å². The van der Waals surface area contributed by atoms with Crippen LogP contribution >= 0.6 is 0 Å². The number of pyridine rings is 1. The number of carbonyl (C=O) groups is 1. The van der Waals surface area contributed by atoms with Crippen molar-refractivity contribution >= 4 is 22.8 Å². The summed E-state index contributed by atoms with van der Waals surface area (Å²) in [6.45, 7) is 12.8. The molecular formula is C37H49N7O2. The number of hydrogen-bond donors (Lipinski definition) is 3. The van der Waals surface area contributed by atoms with Crippen molar-refractivity contribution in [1.29, 1.82) is 0 Å². The molecule has 2 aromatic carbocycles. The van der Waals surface area contributed by atoms with Gasteiger partial charge in [-0.2, -0.15) is 5.10 Å².